The van der Waals surface area contributed by atoms with E-state index < -0.39 is 15.1 Å². The molecule has 0 aliphatic rings. The molecule has 2 aromatic carbocycles. The summed E-state index contributed by atoms with van der Waals surface area (Å²) in [6.45, 7) is 5.49. The summed E-state index contributed by atoms with van der Waals surface area (Å²) in [7, 11) is -3.36. The van der Waals surface area contributed by atoms with Crippen molar-refractivity contribution in [1.82, 2.24) is 20.3 Å². The molecule has 9 heteroatoms. The number of H-pyrrole nitrogens is 1. The van der Waals surface area contributed by atoms with Crippen LogP contribution in [0.25, 0.3) is 22.4 Å². The highest BCUT2D eigenvalue weighted by atomic mass is 35.5. The van der Waals surface area contributed by atoms with Crippen molar-refractivity contribution in [2.24, 2.45) is 0 Å². The monoisotopic (exact) mass is 482 g/mol. The van der Waals surface area contributed by atoms with Gasteiger partial charge in [0.05, 0.1) is 27.6 Å². The highest BCUT2D eigenvalue weighted by molar-refractivity contribution is 7.92. The molecule has 170 valence electrons. The van der Waals surface area contributed by atoms with Gasteiger partial charge in [0.1, 0.15) is 5.52 Å². The number of halogens is 1. The van der Waals surface area contributed by atoms with E-state index >= 15 is 0 Å². The number of fused-ring (bicyclic) bond motifs is 1. The second kappa shape index (κ2) is 8.96. The van der Waals surface area contributed by atoms with Gasteiger partial charge in [0.25, 0.3) is 5.91 Å². The van der Waals surface area contributed by atoms with Gasteiger partial charge < -0.3 is 10.3 Å². The molecule has 0 spiro atoms. The molecule has 0 saturated carbocycles. The van der Waals surface area contributed by atoms with Crippen LogP contribution in [0.15, 0.2) is 59.8 Å². The Hall–Kier alpha value is -3.23. The molecule has 0 bridgehead atoms. The molecular formula is C24H23ClN4O3S. The molecule has 0 aliphatic carbocycles. The Balaban J connectivity index is 1.60. The van der Waals surface area contributed by atoms with Crippen LogP contribution in [-0.4, -0.2) is 34.5 Å². The lowest BCUT2D eigenvalue weighted by Crippen LogP contribution is -2.23. The summed E-state index contributed by atoms with van der Waals surface area (Å²) in [4.78, 5) is 25.0. The number of nitrogens with one attached hydrogen (secondary N) is 2. The minimum Gasteiger partial charge on any atom is -0.348 e. The zero-order chi connectivity index (χ0) is 23.8. The lowest BCUT2D eigenvalue weighted by molar-refractivity contribution is 0.0952. The number of benzene rings is 2. The van der Waals surface area contributed by atoms with Crippen molar-refractivity contribution >= 4 is 38.5 Å². The number of amides is 1. The molecular weight excluding hydrogens is 460 g/mol. The van der Waals surface area contributed by atoms with Gasteiger partial charge in [0.15, 0.2) is 15.5 Å². The van der Waals surface area contributed by atoms with Crippen LogP contribution < -0.4 is 5.32 Å². The molecule has 4 aromatic rings. The van der Waals surface area contributed by atoms with Gasteiger partial charge in [0, 0.05) is 23.3 Å². The Bertz CT molecular complexity index is 1440. The van der Waals surface area contributed by atoms with Crippen molar-refractivity contribution in [3.63, 3.8) is 0 Å². The number of rotatable bonds is 6. The molecule has 0 unspecified atom stereocenters. The van der Waals surface area contributed by atoms with E-state index in [9.17, 15) is 13.2 Å². The Kier molecular flexibility index (Phi) is 6.23. The van der Waals surface area contributed by atoms with Crippen molar-refractivity contribution in [2.75, 3.05) is 0 Å². The first-order chi connectivity index (χ1) is 15.7. The summed E-state index contributed by atoms with van der Waals surface area (Å²) in [5, 5.41) is 3.00. The van der Waals surface area contributed by atoms with Crippen molar-refractivity contribution in [3.05, 3.63) is 76.6 Å². The first-order valence-electron chi connectivity index (χ1n) is 10.4. The van der Waals surface area contributed by atoms with Crippen molar-refractivity contribution in [2.45, 2.75) is 37.5 Å². The number of nitrogens with zero attached hydrogens (tertiary/aromatic N) is 2. The second-order valence-electron chi connectivity index (χ2n) is 8.00. The van der Waals surface area contributed by atoms with Crippen molar-refractivity contribution < 1.29 is 13.2 Å². The predicted molar refractivity (Wildman–Crippen MR) is 129 cm³/mol. The van der Waals surface area contributed by atoms with E-state index in [0.29, 0.717) is 33.0 Å². The molecule has 2 aromatic heterocycles. The van der Waals surface area contributed by atoms with Crippen LogP contribution >= 0.6 is 11.6 Å². The van der Waals surface area contributed by atoms with Crippen molar-refractivity contribution in [3.8, 4) is 11.3 Å². The van der Waals surface area contributed by atoms with Crippen LogP contribution in [0, 0.1) is 6.92 Å². The van der Waals surface area contributed by atoms with Crippen LogP contribution in [-0.2, 0) is 16.4 Å². The normalized spacial score (nSPS) is 11.8. The topological polar surface area (TPSA) is 105 Å². The highest BCUT2D eigenvalue weighted by Crippen LogP contribution is 2.24. The first-order valence-corrected chi connectivity index (χ1v) is 12.3. The minimum absolute atomic E-state index is 0.256. The Morgan fingerprint density at radius 1 is 1.15 bits per heavy atom. The molecule has 1 amide bonds. The lowest BCUT2D eigenvalue weighted by atomic mass is 10.1. The molecule has 0 fully saturated rings. The van der Waals surface area contributed by atoms with Gasteiger partial charge in [0.2, 0.25) is 0 Å². The fraction of sp³-hybridized carbons (Fsp3) is 0.208. The standard InChI is InChI=1S/C24H23ClN4O3S/c1-14(2)33(31,32)18-9-7-16(8-10-18)20-13-27-23-22(29-20)19(12-26-23)24(30)28-11-17-6-4-5-15(3)21(17)25/h4-10,12-14H,11H2,1-3H3,(H,26,27)(H,28,30). The van der Waals surface area contributed by atoms with Gasteiger partial charge in [-0.2, -0.15) is 0 Å². The predicted octanol–water partition coefficient (Wildman–Crippen LogP) is 4.70. The number of carbonyl (C=O) groups is 1. The summed E-state index contributed by atoms with van der Waals surface area (Å²) in [6.07, 6.45) is 3.15. The summed E-state index contributed by atoms with van der Waals surface area (Å²) in [5.74, 6) is -0.302. The molecule has 0 saturated heterocycles. The fourth-order valence-electron chi connectivity index (χ4n) is 3.41. The van der Waals surface area contributed by atoms with E-state index in [1.807, 2.05) is 25.1 Å². The summed E-state index contributed by atoms with van der Waals surface area (Å²) in [5.41, 5.74) is 4.28. The van der Waals surface area contributed by atoms with E-state index in [2.05, 4.69) is 20.3 Å². The van der Waals surface area contributed by atoms with E-state index in [1.165, 1.54) is 0 Å². The third-order valence-corrected chi connectivity index (χ3v) is 8.15. The molecule has 33 heavy (non-hydrogen) atoms. The van der Waals surface area contributed by atoms with Crippen LogP contribution in [0.1, 0.15) is 35.3 Å². The van der Waals surface area contributed by atoms with Gasteiger partial charge >= 0.3 is 0 Å². The van der Waals surface area contributed by atoms with Crippen LogP contribution in [0.4, 0.5) is 0 Å². The third-order valence-electron chi connectivity index (χ3n) is 5.44. The highest BCUT2D eigenvalue weighted by Gasteiger charge is 2.20. The quantitative estimate of drug-likeness (QED) is 0.414. The van der Waals surface area contributed by atoms with Gasteiger partial charge in [-0.25, -0.2) is 18.4 Å². The number of sulfone groups is 1. The number of aromatic nitrogens is 3. The smallest absolute Gasteiger partial charge is 0.255 e. The minimum atomic E-state index is -3.36. The SMILES string of the molecule is Cc1cccc(CNC(=O)c2c[nH]c3ncc(-c4ccc(S(=O)(=O)C(C)C)cc4)nc23)c1Cl. The average Bonchev–Trinajstić information content (AvgIpc) is 3.23. The summed E-state index contributed by atoms with van der Waals surface area (Å²) in [6, 6.07) is 12.2. The van der Waals surface area contributed by atoms with Crippen LogP contribution in [0.3, 0.4) is 0 Å². The molecule has 2 N–H and O–H groups in total. The molecule has 2 heterocycles. The zero-order valence-electron chi connectivity index (χ0n) is 18.4. The molecule has 0 atom stereocenters. The molecule has 4 rings (SSSR count). The van der Waals surface area contributed by atoms with Crippen molar-refractivity contribution in [1.29, 1.82) is 0 Å². The maximum Gasteiger partial charge on any atom is 0.255 e. The number of aryl methyl sites for hydroxylation is 1. The maximum absolute atomic E-state index is 12.8. The number of hydrogen-bond acceptors (Lipinski definition) is 5. The Morgan fingerprint density at radius 2 is 1.88 bits per heavy atom. The lowest BCUT2D eigenvalue weighted by Gasteiger charge is -2.09. The van der Waals surface area contributed by atoms with E-state index in [-0.39, 0.29) is 17.3 Å². The zero-order valence-corrected chi connectivity index (χ0v) is 20.0. The first kappa shape index (κ1) is 22.9. The summed E-state index contributed by atoms with van der Waals surface area (Å²) < 4.78 is 24.7. The third kappa shape index (κ3) is 4.49. The van der Waals surface area contributed by atoms with Gasteiger partial charge in [-0.05, 0) is 44.0 Å². The fourth-order valence-corrected chi connectivity index (χ4v) is 4.66. The number of carbonyl (C=O) groups excluding carboxylic acids is 1. The number of aromatic amines is 1. The van der Waals surface area contributed by atoms with E-state index in [0.717, 1.165) is 11.1 Å². The number of hydrogen-bond donors (Lipinski definition) is 2. The maximum atomic E-state index is 12.8. The van der Waals surface area contributed by atoms with Gasteiger partial charge in [-0.3, -0.25) is 4.79 Å². The van der Waals surface area contributed by atoms with Crippen LogP contribution in [0.5, 0.6) is 0 Å². The second-order valence-corrected chi connectivity index (χ2v) is 10.9. The molecule has 7 nitrogen and oxygen atoms in total. The Labute approximate surface area is 197 Å². The largest absolute Gasteiger partial charge is 0.348 e. The Morgan fingerprint density at radius 3 is 2.58 bits per heavy atom. The van der Waals surface area contributed by atoms with E-state index in [4.69, 9.17) is 11.6 Å². The van der Waals surface area contributed by atoms with Gasteiger partial charge in [-0.15, -0.1) is 0 Å². The van der Waals surface area contributed by atoms with Crippen LogP contribution in [0.2, 0.25) is 5.02 Å². The average molecular weight is 483 g/mol. The van der Waals surface area contributed by atoms with Gasteiger partial charge in [-0.1, -0.05) is 41.9 Å². The van der Waals surface area contributed by atoms with E-state index in [1.54, 1.807) is 50.5 Å². The molecule has 0 radical (unpaired) electrons. The summed E-state index contributed by atoms with van der Waals surface area (Å²) >= 11 is 6.32. The molecule has 0 aliphatic heterocycles.